The number of hydrogen-bond acceptors (Lipinski definition) is 5. The van der Waals surface area contributed by atoms with Gasteiger partial charge < -0.3 is 4.74 Å². The number of benzene rings is 4. The number of hydrogen-bond donors (Lipinski definition) is 0. The molecular weight excluding hydrogens is 596 g/mol. The van der Waals surface area contributed by atoms with E-state index in [0.29, 0.717) is 17.3 Å². The SMILES string of the molecule is Cc1ccnc(-n2c3ccccc3c3ccc(Oc4cccc(-n5nc(-n6cccn6)c(-c6ccccc6)c5-n5ccnc5)c4)cc32)c1. The zero-order valence-electron chi connectivity index (χ0n) is 25.9. The number of pyridine rings is 1. The van der Waals surface area contributed by atoms with Crippen molar-refractivity contribution in [3.8, 4) is 45.8 Å². The van der Waals surface area contributed by atoms with Gasteiger partial charge in [0.2, 0.25) is 0 Å². The molecule has 0 aliphatic carbocycles. The minimum atomic E-state index is 0.678. The molecule has 9 heteroatoms. The molecular formula is C39H28N8O. The van der Waals surface area contributed by atoms with E-state index in [4.69, 9.17) is 14.8 Å². The first-order valence-corrected chi connectivity index (χ1v) is 15.6. The molecule has 0 saturated carbocycles. The molecule has 0 spiro atoms. The maximum absolute atomic E-state index is 6.57. The lowest BCUT2D eigenvalue weighted by molar-refractivity contribution is 0.483. The summed E-state index contributed by atoms with van der Waals surface area (Å²) in [5.41, 5.74) is 6.02. The predicted molar refractivity (Wildman–Crippen MR) is 187 cm³/mol. The van der Waals surface area contributed by atoms with Crippen molar-refractivity contribution in [1.29, 1.82) is 0 Å². The summed E-state index contributed by atoms with van der Waals surface area (Å²) in [6.45, 7) is 2.08. The fourth-order valence-electron chi connectivity index (χ4n) is 6.34. The number of nitrogens with zero attached hydrogens (tertiary/aromatic N) is 8. The lowest BCUT2D eigenvalue weighted by atomic mass is 10.1. The predicted octanol–water partition coefficient (Wildman–Crippen LogP) is 8.50. The second-order valence-corrected chi connectivity index (χ2v) is 11.5. The van der Waals surface area contributed by atoms with Gasteiger partial charge in [0.1, 0.15) is 23.6 Å². The highest BCUT2D eigenvalue weighted by atomic mass is 16.5. The Kier molecular flexibility index (Phi) is 6.46. The van der Waals surface area contributed by atoms with Crippen LogP contribution < -0.4 is 4.74 Å². The Labute approximate surface area is 275 Å². The van der Waals surface area contributed by atoms with Gasteiger partial charge in [-0.1, -0.05) is 54.6 Å². The van der Waals surface area contributed by atoms with Crippen LogP contribution in [-0.2, 0) is 0 Å². The fourth-order valence-corrected chi connectivity index (χ4v) is 6.34. The van der Waals surface area contributed by atoms with Crippen LogP contribution in [0.5, 0.6) is 11.5 Å². The molecule has 0 aliphatic rings. The van der Waals surface area contributed by atoms with Gasteiger partial charge in [-0.05, 0) is 66.6 Å². The summed E-state index contributed by atoms with van der Waals surface area (Å²) in [5.74, 6) is 3.79. The van der Waals surface area contributed by atoms with Crippen LogP contribution in [0.4, 0.5) is 0 Å². The van der Waals surface area contributed by atoms with E-state index in [0.717, 1.165) is 55.8 Å². The molecule has 0 N–H and O–H groups in total. The molecule has 0 atom stereocenters. The van der Waals surface area contributed by atoms with Gasteiger partial charge in [0.15, 0.2) is 11.6 Å². The summed E-state index contributed by atoms with van der Waals surface area (Å²) in [7, 11) is 0. The first kappa shape index (κ1) is 27.6. The molecule has 0 fully saturated rings. The molecule has 4 aromatic carbocycles. The van der Waals surface area contributed by atoms with Gasteiger partial charge in [-0.3, -0.25) is 9.13 Å². The molecule has 0 aliphatic heterocycles. The van der Waals surface area contributed by atoms with Crippen LogP contribution in [0.1, 0.15) is 5.56 Å². The molecule has 0 radical (unpaired) electrons. The molecule has 0 unspecified atom stereocenters. The highest BCUT2D eigenvalue weighted by Crippen LogP contribution is 2.37. The van der Waals surface area contributed by atoms with E-state index >= 15 is 0 Å². The van der Waals surface area contributed by atoms with Crippen molar-refractivity contribution < 1.29 is 4.74 Å². The smallest absolute Gasteiger partial charge is 0.185 e. The Morgan fingerprint density at radius 2 is 1.52 bits per heavy atom. The van der Waals surface area contributed by atoms with Crippen molar-refractivity contribution in [3.05, 3.63) is 158 Å². The lowest BCUT2D eigenvalue weighted by Gasteiger charge is -2.13. The monoisotopic (exact) mass is 624 g/mol. The third-order valence-corrected chi connectivity index (χ3v) is 8.45. The van der Waals surface area contributed by atoms with Gasteiger partial charge in [-0.15, -0.1) is 5.10 Å². The van der Waals surface area contributed by atoms with Gasteiger partial charge in [0.25, 0.3) is 0 Å². The van der Waals surface area contributed by atoms with Gasteiger partial charge in [0.05, 0.1) is 22.3 Å². The van der Waals surface area contributed by atoms with Crippen molar-refractivity contribution >= 4 is 21.8 Å². The maximum atomic E-state index is 6.57. The highest BCUT2D eigenvalue weighted by Gasteiger charge is 2.24. The van der Waals surface area contributed by atoms with E-state index in [1.807, 2.05) is 88.5 Å². The Hall–Kier alpha value is -6.74. The number of aryl methyl sites for hydroxylation is 1. The summed E-state index contributed by atoms with van der Waals surface area (Å²) < 4.78 is 14.4. The molecule has 0 saturated heterocycles. The number of aromatic nitrogens is 8. The zero-order chi connectivity index (χ0) is 32.0. The Bertz CT molecular complexity index is 2550. The van der Waals surface area contributed by atoms with Crippen LogP contribution in [0.15, 0.2) is 153 Å². The fraction of sp³-hybridized carbons (Fsp3) is 0.0256. The van der Waals surface area contributed by atoms with E-state index in [1.165, 1.54) is 0 Å². The van der Waals surface area contributed by atoms with Crippen LogP contribution in [0.3, 0.4) is 0 Å². The first-order chi connectivity index (χ1) is 23.7. The summed E-state index contributed by atoms with van der Waals surface area (Å²) in [5, 5.41) is 12.0. The molecule has 230 valence electrons. The maximum Gasteiger partial charge on any atom is 0.185 e. The van der Waals surface area contributed by atoms with Crippen LogP contribution in [0.25, 0.3) is 56.1 Å². The number of fused-ring (bicyclic) bond motifs is 3. The zero-order valence-corrected chi connectivity index (χ0v) is 25.9. The largest absolute Gasteiger partial charge is 0.457 e. The number of rotatable bonds is 7. The van der Waals surface area contributed by atoms with Gasteiger partial charge in [0, 0.05) is 53.9 Å². The second kappa shape index (κ2) is 11.3. The summed E-state index contributed by atoms with van der Waals surface area (Å²) >= 11 is 0. The van der Waals surface area contributed by atoms with Gasteiger partial charge in [-0.2, -0.15) is 5.10 Å². The van der Waals surface area contributed by atoms with Crippen LogP contribution in [0, 0.1) is 6.92 Å². The standard InChI is InChI=1S/C39H28N8O/c1-27-17-19-41-36(23-27)46-34-14-6-5-13-32(34)33-16-15-31(25-35(33)46)48-30-12-7-11-29(24-30)47-39(44-22-20-40-26-44)37(28-9-3-2-4-10-28)38(43-47)45-21-8-18-42-45/h2-26H,1H3. The number of para-hydroxylation sites is 1. The van der Waals surface area contributed by atoms with E-state index in [-0.39, 0.29) is 0 Å². The Morgan fingerprint density at radius 3 is 2.35 bits per heavy atom. The summed E-state index contributed by atoms with van der Waals surface area (Å²) in [6.07, 6.45) is 11.0. The third-order valence-electron chi connectivity index (χ3n) is 8.45. The quantitative estimate of drug-likeness (QED) is 0.178. The van der Waals surface area contributed by atoms with Crippen LogP contribution in [0.2, 0.25) is 0 Å². The summed E-state index contributed by atoms with van der Waals surface area (Å²) in [4.78, 5) is 9.08. The van der Waals surface area contributed by atoms with Crippen molar-refractivity contribution in [2.75, 3.05) is 0 Å². The molecule has 9 rings (SSSR count). The molecule has 9 aromatic rings. The average Bonchev–Trinajstić information content (AvgIpc) is 3.94. The van der Waals surface area contributed by atoms with Crippen molar-refractivity contribution in [3.63, 3.8) is 0 Å². The molecule has 9 nitrogen and oxygen atoms in total. The van der Waals surface area contributed by atoms with Crippen molar-refractivity contribution in [1.82, 2.24) is 38.7 Å². The van der Waals surface area contributed by atoms with E-state index < -0.39 is 0 Å². The third kappa shape index (κ3) is 4.64. The average molecular weight is 625 g/mol. The molecule has 0 bridgehead atoms. The van der Waals surface area contributed by atoms with Crippen LogP contribution >= 0.6 is 0 Å². The van der Waals surface area contributed by atoms with Crippen molar-refractivity contribution in [2.24, 2.45) is 0 Å². The minimum absolute atomic E-state index is 0.678. The lowest BCUT2D eigenvalue weighted by Crippen LogP contribution is -2.05. The molecule has 0 amide bonds. The topological polar surface area (TPSA) is 80.5 Å². The first-order valence-electron chi connectivity index (χ1n) is 15.6. The van der Waals surface area contributed by atoms with Crippen LogP contribution in [-0.4, -0.2) is 38.7 Å². The Balaban J connectivity index is 1.17. The molecule has 48 heavy (non-hydrogen) atoms. The van der Waals surface area contributed by atoms with E-state index in [1.54, 1.807) is 23.4 Å². The minimum Gasteiger partial charge on any atom is -0.457 e. The molecule has 5 aromatic heterocycles. The highest BCUT2D eigenvalue weighted by molar-refractivity contribution is 6.09. The summed E-state index contributed by atoms with van der Waals surface area (Å²) in [6, 6.07) is 38.8. The Morgan fingerprint density at radius 1 is 0.667 bits per heavy atom. The second-order valence-electron chi connectivity index (χ2n) is 11.5. The number of imidazole rings is 1. The number of ether oxygens (including phenoxy) is 1. The normalized spacial score (nSPS) is 11.4. The molecule has 5 heterocycles. The van der Waals surface area contributed by atoms with Gasteiger partial charge in [-0.25, -0.2) is 19.3 Å². The van der Waals surface area contributed by atoms with Crippen molar-refractivity contribution in [2.45, 2.75) is 6.92 Å². The van der Waals surface area contributed by atoms with E-state index in [2.05, 4.69) is 76.2 Å². The van der Waals surface area contributed by atoms with Gasteiger partial charge >= 0.3 is 0 Å². The van der Waals surface area contributed by atoms with E-state index in [9.17, 15) is 0 Å².